The van der Waals surface area contributed by atoms with Crippen molar-refractivity contribution < 1.29 is 23.9 Å². The molecule has 0 saturated carbocycles. The Morgan fingerprint density at radius 2 is 2.02 bits per heavy atom. The zero-order valence-corrected chi connectivity index (χ0v) is 27.8. The van der Waals surface area contributed by atoms with Crippen LogP contribution >= 0.6 is 34.9 Å². The van der Waals surface area contributed by atoms with Gasteiger partial charge in [-0.05, 0) is 31.8 Å². The van der Waals surface area contributed by atoms with Gasteiger partial charge in [-0.25, -0.2) is 9.78 Å². The summed E-state index contributed by atoms with van der Waals surface area (Å²) in [4.78, 5) is 62.9. The number of cyclic esters (lactones) is 1. The largest absolute Gasteiger partial charge is 0.456 e. The van der Waals surface area contributed by atoms with Crippen LogP contribution in [0.2, 0.25) is 0 Å². The fourth-order valence-corrected chi connectivity index (χ4v) is 7.25. The normalized spacial score (nSPS) is 23.8. The molecule has 3 heterocycles. The maximum atomic E-state index is 13.3. The first-order valence-corrected chi connectivity index (χ1v) is 17.6. The summed E-state index contributed by atoms with van der Waals surface area (Å²) < 4.78 is 5.83. The zero-order chi connectivity index (χ0) is 30.7. The first-order valence-electron chi connectivity index (χ1n) is 14.8. The number of rotatable bonds is 11. The van der Waals surface area contributed by atoms with Gasteiger partial charge in [0.05, 0.1) is 13.0 Å². The summed E-state index contributed by atoms with van der Waals surface area (Å²) in [6, 6.07) is -0.897. The van der Waals surface area contributed by atoms with Gasteiger partial charge in [0.15, 0.2) is 5.12 Å². The summed E-state index contributed by atoms with van der Waals surface area (Å²) in [5.74, 6) is -0.324. The Hall–Kier alpha value is -2.18. The smallest absolute Gasteiger partial charge is 0.329 e. The van der Waals surface area contributed by atoms with Crippen molar-refractivity contribution in [3.8, 4) is 0 Å². The predicted molar refractivity (Wildman–Crippen MR) is 172 cm³/mol. The van der Waals surface area contributed by atoms with E-state index in [1.165, 1.54) is 54.1 Å². The van der Waals surface area contributed by atoms with Crippen molar-refractivity contribution in [1.29, 1.82) is 0 Å². The standard InChI is InChI=1S/C30H44N4O5S3/c1-6-7-8-9-10-14-25(36)40-15-12-11-13-21-16-24(35)34(5)17-23-31-22(18-41-23)27-33-30(4,19-42-27)29(38)32-26(20(2)3)28(37)39-21/h11,13,18,20-21,26H,6-10,12,14-17,19H2,1-5H3,(H,32,38)/b13-11+. The molecule has 12 heteroatoms. The van der Waals surface area contributed by atoms with E-state index in [0.717, 1.165) is 17.8 Å². The number of aliphatic imine (C=N–C) groups is 1. The van der Waals surface area contributed by atoms with Gasteiger partial charge in [-0.3, -0.25) is 19.4 Å². The number of nitrogens with zero attached hydrogens (tertiary/aromatic N) is 3. The minimum Gasteiger partial charge on any atom is -0.456 e. The molecule has 2 aliphatic rings. The molecule has 1 aromatic heterocycles. The molecule has 232 valence electrons. The van der Waals surface area contributed by atoms with E-state index < -0.39 is 23.7 Å². The second-order valence-corrected chi connectivity index (χ2v) is 14.4. The van der Waals surface area contributed by atoms with Crippen LogP contribution in [0.4, 0.5) is 0 Å². The Morgan fingerprint density at radius 1 is 1.26 bits per heavy atom. The Morgan fingerprint density at radius 3 is 2.76 bits per heavy atom. The minimum atomic E-state index is -1.04. The molecule has 2 amide bonds. The molecule has 0 aliphatic carbocycles. The van der Waals surface area contributed by atoms with Gasteiger partial charge >= 0.3 is 5.97 Å². The molecular weight excluding hydrogens is 593 g/mol. The predicted octanol–water partition coefficient (Wildman–Crippen LogP) is 5.38. The molecule has 0 saturated heterocycles. The molecule has 0 radical (unpaired) electrons. The first-order chi connectivity index (χ1) is 20.0. The Kier molecular flexibility index (Phi) is 13.6. The van der Waals surface area contributed by atoms with Crippen LogP contribution in [0.25, 0.3) is 0 Å². The summed E-state index contributed by atoms with van der Waals surface area (Å²) >= 11 is 4.21. The number of hydrogen-bond donors (Lipinski definition) is 1. The lowest BCUT2D eigenvalue weighted by Gasteiger charge is -2.27. The Balaban J connectivity index is 1.70. The van der Waals surface area contributed by atoms with Crippen LogP contribution in [-0.2, 0) is 30.5 Å². The molecule has 2 aliphatic heterocycles. The SMILES string of the molecule is CCCCCCCC(=O)SCC/C=C/C1CC(=O)N(C)Cc2nc(cs2)C2=NC(C)(CS2)C(=O)NC(C(C)C)C(=O)O1. The number of allylic oxidation sites excluding steroid dienone is 1. The number of thioether (sulfide) groups is 2. The molecule has 1 N–H and O–H groups in total. The van der Waals surface area contributed by atoms with Crippen molar-refractivity contribution in [2.24, 2.45) is 10.9 Å². The lowest BCUT2D eigenvalue weighted by Crippen LogP contribution is -2.53. The van der Waals surface area contributed by atoms with Gasteiger partial charge in [0, 0.05) is 30.4 Å². The number of nitrogens with one attached hydrogen (secondary N) is 1. The number of amides is 2. The van der Waals surface area contributed by atoms with Gasteiger partial charge < -0.3 is 15.0 Å². The lowest BCUT2D eigenvalue weighted by atomic mass is 10.0. The van der Waals surface area contributed by atoms with E-state index in [9.17, 15) is 19.2 Å². The van der Waals surface area contributed by atoms with E-state index in [-0.39, 0.29) is 29.3 Å². The van der Waals surface area contributed by atoms with Crippen molar-refractivity contribution in [2.75, 3.05) is 18.6 Å². The van der Waals surface area contributed by atoms with E-state index in [0.29, 0.717) is 41.6 Å². The maximum absolute atomic E-state index is 13.3. The number of aromatic nitrogens is 1. The third-order valence-electron chi connectivity index (χ3n) is 7.13. The highest BCUT2D eigenvalue weighted by Crippen LogP contribution is 2.32. The molecule has 1 aromatic rings. The highest BCUT2D eigenvalue weighted by molar-refractivity contribution is 8.14. The Labute approximate surface area is 262 Å². The van der Waals surface area contributed by atoms with Crippen molar-refractivity contribution in [3.05, 3.63) is 28.2 Å². The number of esters is 1. The van der Waals surface area contributed by atoms with Crippen molar-refractivity contribution in [2.45, 2.75) is 103 Å². The first kappa shape index (κ1) is 34.3. The quantitative estimate of drug-likeness (QED) is 0.196. The van der Waals surface area contributed by atoms with Crippen LogP contribution in [0.1, 0.15) is 89.8 Å². The van der Waals surface area contributed by atoms with E-state index in [2.05, 4.69) is 22.2 Å². The topological polar surface area (TPSA) is 118 Å². The molecular formula is C30H44N4O5S3. The molecule has 3 rings (SSSR count). The average molecular weight is 637 g/mol. The molecule has 3 unspecified atom stereocenters. The summed E-state index contributed by atoms with van der Waals surface area (Å²) in [6.07, 6.45) is 9.49. The van der Waals surface area contributed by atoms with Crippen molar-refractivity contribution in [3.63, 3.8) is 0 Å². The van der Waals surface area contributed by atoms with Gasteiger partial charge in [0.25, 0.3) is 0 Å². The summed E-state index contributed by atoms with van der Waals surface area (Å²) in [5, 5.41) is 6.38. The highest BCUT2D eigenvalue weighted by atomic mass is 32.2. The minimum absolute atomic E-state index is 0.0418. The summed E-state index contributed by atoms with van der Waals surface area (Å²) in [5.41, 5.74) is -0.344. The molecule has 42 heavy (non-hydrogen) atoms. The van der Waals surface area contributed by atoms with Gasteiger partial charge in [-0.1, -0.05) is 64.3 Å². The van der Waals surface area contributed by atoms with Crippen molar-refractivity contribution in [1.82, 2.24) is 15.2 Å². The Bertz CT molecular complexity index is 1170. The van der Waals surface area contributed by atoms with Gasteiger partial charge in [-0.2, -0.15) is 0 Å². The molecule has 3 atom stereocenters. The summed E-state index contributed by atoms with van der Waals surface area (Å²) in [6.45, 7) is 7.92. The van der Waals surface area contributed by atoms with E-state index in [4.69, 9.17) is 4.74 Å². The van der Waals surface area contributed by atoms with Gasteiger partial charge in [-0.15, -0.1) is 23.1 Å². The van der Waals surface area contributed by atoms with Crippen LogP contribution in [0.5, 0.6) is 0 Å². The molecule has 9 nitrogen and oxygen atoms in total. The number of carbonyl (C=O) groups is 4. The summed E-state index contributed by atoms with van der Waals surface area (Å²) in [7, 11) is 1.70. The molecule has 4 bridgehead atoms. The van der Waals surface area contributed by atoms with Crippen LogP contribution in [-0.4, -0.2) is 74.1 Å². The van der Waals surface area contributed by atoms with Crippen LogP contribution < -0.4 is 5.32 Å². The van der Waals surface area contributed by atoms with E-state index in [1.807, 2.05) is 25.3 Å². The molecule has 0 spiro atoms. The number of unbranched alkanes of at least 4 members (excludes halogenated alkanes) is 4. The number of fused-ring (bicyclic) bond motifs is 4. The lowest BCUT2D eigenvalue weighted by molar-refractivity contribution is -0.154. The third kappa shape index (κ3) is 10.2. The highest BCUT2D eigenvalue weighted by Gasteiger charge is 2.41. The van der Waals surface area contributed by atoms with Crippen LogP contribution in [0.3, 0.4) is 0 Å². The zero-order valence-electron chi connectivity index (χ0n) is 25.3. The number of hydrogen-bond acceptors (Lipinski definition) is 10. The number of carbonyl (C=O) groups excluding carboxylic acids is 4. The average Bonchev–Trinajstić information content (AvgIpc) is 3.57. The second kappa shape index (κ2) is 16.6. The molecule has 0 aromatic carbocycles. The fourth-order valence-electron chi connectivity index (χ4n) is 4.45. The van der Waals surface area contributed by atoms with E-state index >= 15 is 0 Å². The number of ether oxygens (including phenoxy) is 1. The molecule has 0 fully saturated rings. The monoisotopic (exact) mass is 636 g/mol. The van der Waals surface area contributed by atoms with Crippen LogP contribution in [0, 0.1) is 5.92 Å². The van der Waals surface area contributed by atoms with Gasteiger partial charge in [0.2, 0.25) is 11.8 Å². The van der Waals surface area contributed by atoms with Crippen molar-refractivity contribution >= 4 is 62.8 Å². The van der Waals surface area contributed by atoms with Crippen LogP contribution in [0.15, 0.2) is 22.5 Å². The number of thiazole rings is 1. The second-order valence-electron chi connectivity index (χ2n) is 11.3. The maximum Gasteiger partial charge on any atom is 0.329 e. The van der Waals surface area contributed by atoms with E-state index in [1.54, 1.807) is 24.9 Å². The van der Waals surface area contributed by atoms with Gasteiger partial charge in [0.1, 0.15) is 33.4 Å². The third-order valence-corrected chi connectivity index (χ3v) is 10.2. The fraction of sp³-hybridized carbons (Fsp3) is 0.667.